The molecule has 2 aromatic carbocycles. The Morgan fingerprint density at radius 2 is 1.83 bits per heavy atom. The van der Waals surface area contributed by atoms with E-state index in [0.717, 1.165) is 43.3 Å². The number of aliphatic hydroxyl groups is 1. The minimum Gasteiger partial charge on any atom is -0.390 e. The van der Waals surface area contributed by atoms with E-state index in [1.54, 1.807) is 11.0 Å². The predicted octanol–water partition coefficient (Wildman–Crippen LogP) is 3.64. The third-order valence-electron chi connectivity index (χ3n) is 5.90. The number of carbonyl (C=O) groups excluding carboxylic acids is 1. The Labute approximate surface area is 189 Å². The van der Waals surface area contributed by atoms with Gasteiger partial charge in [0.1, 0.15) is 5.82 Å². The highest BCUT2D eigenvalue weighted by molar-refractivity contribution is 9.10. The number of carbonyl (C=O) groups is 1. The molecule has 160 valence electrons. The summed E-state index contributed by atoms with van der Waals surface area (Å²) < 4.78 is 14.2. The highest BCUT2D eigenvalue weighted by atomic mass is 79.9. The van der Waals surface area contributed by atoms with E-state index < -0.39 is 11.9 Å². The summed E-state index contributed by atoms with van der Waals surface area (Å²) in [6.45, 7) is 4.15. The first-order valence-corrected chi connectivity index (χ1v) is 11.3. The standard InChI is InChI=1S/C22H24BrClFN3O2/c23-18-7-2-15(12-19(18)25)22(30)28-13-20(21(29)14-28)27-9-1-8-26(10-11-27)17-5-3-16(24)4-6-17/h2-7,12,20-21,29H,1,8-11,13-14H2. The Bertz CT molecular complexity index is 914. The van der Waals surface area contributed by atoms with Crippen LogP contribution in [0.1, 0.15) is 16.8 Å². The Morgan fingerprint density at radius 3 is 2.57 bits per heavy atom. The fourth-order valence-electron chi connectivity index (χ4n) is 4.29. The molecular formula is C22H24BrClFN3O2. The number of likely N-dealkylation sites (tertiary alicyclic amines) is 1. The van der Waals surface area contributed by atoms with E-state index in [1.165, 1.54) is 12.1 Å². The van der Waals surface area contributed by atoms with Crippen LogP contribution in [-0.4, -0.2) is 72.2 Å². The molecule has 5 nitrogen and oxygen atoms in total. The minimum atomic E-state index is -0.615. The molecule has 2 heterocycles. The van der Waals surface area contributed by atoms with Gasteiger partial charge in [-0.2, -0.15) is 0 Å². The van der Waals surface area contributed by atoms with Crippen molar-refractivity contribution in [3.8, 4) is 0 Å². The fraction of sp³-hybridized carbons (Fsp3) is 0.409. The minimum absolute atomic E-state index is 0.112. The second-order valence-corrected chi connectivity index (χ2v) is 9.12. The van der Waals surface area contributed by atoms with Crippen molar-refractivity contribution in [2.24, 2.45) is 0 Å². The summed E-state index contributed by atoms with van der Waals surface area (Å²) in [7, 11) is 0. The van der Waals surface area contributed by atoms with E-state index in [1.807, 2.05) is 24.3 Å². The first-order valence-electron chi connectivity index (χ1n) is 10.1. The molecule has 1 amide bonds. The van der Waals surface area contributed by atoms with Crippen LogP contribution >= 0.6 is 27.5 Å². The molecule has 2 aliphatic heterocycles. The zero-order valence-corrected chi connectivity index (χ0v) is 18.8. The van der Waals surface area contributed by atoms with Gasteiger partial charge in [0.15, 0.2) is 0 Å². The molecule has 0 aliphatic carbocycles. The van der Waals surface area contributed by atoms with Crippen molar-refractivity contribution >= 4 is 39.1 Å². The van der Waals surface area contributed by atoms with Crippen LogP contribution in [0.5, 0.6) is 0 Å². The third-order valence-corrected chi connectivity index (χ3v) is 6.80. The maximum atomic E-state index is 13.8. The molecule has 0 spiro atoms. The monoisotopic (exact) mass is 495 g/mol. The van der Waals surface area contributed by atoms with Gasteiger partial charge in [-0.25, -0.2) is 4.39 Å². The van der Waals surface area contributed by atoms with Gasteiger partial charge in [-0.3, -0.25) is 9.69 Å². The number of aliphatic hydroxyl groups excluding tert-OH is 1. The molecule has 8 heteroatoms. The lowest BCUT2D eigenvalue weighted by Crippen LogP contribution is -2.45. The lowest BCUT2D eigenvalue weighted by Gasteiger charge is -2.29. The summed E-state index contributed by atoms with van der Waals surface area (Å²) >= 11 is 9.11. The fourth-order valence-corrected chi connectivity index (χ4v) is 4.66. The average molecular weight is 497 g/mol. The van der Waals surface area contributed by atoms with Crippen molar-refractivity contribution in [2.75, 3.05) is 44.2 Å². The Balaban J connectivity index is 1.40. The lowest BCUT2D eigenvalue weighted by molar-refractivity contribution is 0.0761. The van der Waals surface area contributed by atoms with Crippen molar-refractivity contribution in [1.29, 1.82) is 0 Å². The van der Waals surface area contributed by atoms with Crippen LogP contribution in [0, 0.1) is 5.82 Å². The largest absolute Gasteiger partial charge is 0.390 e. The number of rotatable bonds is 3. The summed E-state index contributed by atoms with van der Waals surface area (Å²) in [5.74, 6) is -0.715. The van der Waals surface area contributed by atoms with Crippen molar-refractivity contribution in [2.45, 2.75) is 18.6 Å². The second-order valence-electron chi connectivity index (χ2n) is 7.83. The molecule has 2 aromatic rings. The molecular weight excluding hydrogens is 473 g/mol. The van der Waals surface area contributed by atoms with E-state index in [0.29, 0.717) is 16.6 Å². The number of anilines is 1. The molecule has 0 radical (unpaired) electrons. The molecule has 2 aliphatic rings. The van der Waals surface area contributed by atoms with Crippen molar-refractivity contribution in [3.05, 3.63) is 63.3 Å². The molecule has 2 atom stereocenters. The molecule has 2 fully saturated rings. The topological polar surface area (TPSA) is 47.0 Å². The molecule has 0 bridgehead atoms. The maximum absolute atomic E-state index is 13.8. The van der Waals surface area contributed by atoms with Gasteiger partial charge < -0.3 is 14.9 Å². The smallest absolute Gasteiger partial charge is 0.254 e. The SMILES string of the molecule is O=C(c1ccc(Br)c(F)c1)N1CC(O)C(N2CCCN(c3ccc(Cl)cc3)CC2)C1. The molecule has 2 unspecified atom stereocenters. The number of nitrogens with zero attached hydrogens (tertiary/aromatic N) is 3. The first-order chi connectivity index (χ1) is 14.4. The van der Waals surface area contributed by atoms with Crippen LogP contribution in [0.25, 0.3) is 0 Å². The number of halogens is 3. The maximum Gasteiger partial charge on any atom is 0.254 e. The molecule has 30 heavy (non-hydrogen) atoms. The Kier molecular flexibility index (Phi) is 6.63. The Morgan fingerprint density at radius 1 is 1.07 bits per heavy atom. The molecule has 0 aromatic heterocycles. The number of hydrogen-bond donors (Lipinski definition) is 1. The van der Waals surface area contributed by atoms with Crippen molar-refractivity contribution in [1.82, 2.24) is 9.80 Å². The zero-order chi connectivity index (χ0) is 21.3. The summed E-state index contributed by atoms with van der Waals surface area (Å²) in [6, 6.07) is 12.1. The number of hydrogen-bond acceptors (Lipinski definition) is 4. The molecule has 4 rings (SSSR count). The normalized spacial score (nSPS) is 22.9. The van der Waals surface area contributed by atoms with Crippen molar-refractivity contribution in [3.63, 3.8) is 0 Å². The van der Waals surface area contributed by atoms with Gasteiger partial charge in [0.25, 0.3) is 5.91 Å². The Hall–Kier alpha value is -1.67. The van der Waals surface area contributed by atoms with Crippen LogP contribution in [0.15, 0.2) is 46.9 Å². The predicted molar refractivity (Wildman–Crippen MR) is 120 cm³/mol. The molecule has 2 saturated heterocycles. The quantitative estimate of drug-likeness (QED) is 0.705. The van der Waals surface area contributed by atoms with E-state index in [9.17, 15) is 14.3 Å². The van der Waals surface area contributed by atoms with E-state index >= 15 is 0 Å². The van der Waals surface area contributed by atoms with Crippen LogP contribution in [0.4, 0.5) is 10.1 Å². The van der Waals surface area contributed by atoms with E-state index in [2.05, 4.69) is 25.7 Å². The van der Waals surface area contributed by atoms with Gasteiger partial charge in [0, 0.05) is 55.5 Å². The van der Waals surface area contributed by atoms with Crippen LogP contribution in [-0.2, 0) is 0 Å². The van der Waals surface area contributed by atoms with Gasteiger partial charge in [0.05, 0.1) is 16.6 Å². The zero-order valence-electron chi connectivity index (χ0n) is 16.5. The number of amides is 1. The molecule has 0 saturated carbocycles. The van der Waals surface area contributed by atoms with Crippen molar-refractivity contribution < 1.29 is 14.3 Å². The summed E-state index contributed by atoms with van der Waals surface area (Å²) in [6.07, 6.45) is 0.355. The highest BCUT2D eigenvalue weighted by Gasteiger charge is 2.38. The second kappa shape index (κ2) is 9.22. The average Bonchev–Trinajstić information content (AvgIpc) is 2.96. The highest BCUT2D eigenvalue weighted by Crippen LogP contribution is 2.24. The number of benzene rings is 2. The molecule has 1 N–H and O–H groups in total. The lowest BCUT2D eigenvalue weighted by atomic mass is 10.1. The van der Waals surface area contributed by atoms with E-state index in [4.69, 9.17) is 11.6 Å². The van der Waals surface area contributed by atoms with Crippen LogP contribution < -0.4 is 4.90 Å². The van der Waals surface area contributed by atoms with Gasteiger partial charge in [-0.15, -0.1) is 0 Å². The van der Waals surface area contributed by atoms with E-state index in [-0.39, 0.29) is 18.5 Å². The summed E-state index contributed by atoms with van der Waals surface area (Å²) in [5, 5.41) is 11.4. The van der Waals surface area contributed by atoms with Gasteiger partial charge in [-0.05, 0) is 64.8 Å². The van der Waals surface area contributed by atoms with Gasteiger partial charge in [-0.1, -0.05) is 11.6 Å². The van der Waals surface area contributed by atoms with Gasteiger partial charge in [0.2, 0.25) is 0 Å². The number of β-amino-alcohol motifs (C(OH)–C–C–N with tert-alkyl or cyclic N) is 1. The third kappa shape index (κ3) is 4.64. The van der Waals surface area contributed by atoms with Gasteiger partial charge >= 0.3 is 0 Å². The summed E-state index contributed by atoms with van der Waals surface area (Å²) in [5.41, 5.74) is 1.44. The van der Waals surface area contributed by atoms with Crippen LogP contribution in [0.2, 0.25) is 5.02 Å². The summed E-state index contributed by atoms with van der Waals surface area (Å²) in [4.78, 5) is 19.0. The van der Waals surface area contributed by atoms with Crippen LogP contribution in [0.3, 0.4) is 0 Å². The first kappa shape index (κ1) is 21.6.